The summed E-state index contributed by atoms with van der Waals surface area (Å²) in [6, 6.07) is 23.6. The zero-order valence-corrected chi connectivity index (χ0v) is 17.2. The Hall–Kier alpha value is -3.80. The predicted molar refractivity (Wildman–Crippen MR) is 118 cm³/mol. The van der Waals surface area contributed by atoms with E-state index in [2.05, 4.69) is 0 Å². The summed E-state index contributed by atoms with van der Waals surface area (Å²) in [6.45, 7) is 2.68. The van der Waals surface area contributed by atoms with Crippen molar-refractivity contribution in [3.05, 3.63) is 129 Å². The van der Waals surface area contributed by atoms with E-state index in [9.17, 15) is 18.4 Å². The standard InChI is InChI=1S/C14H13F2NO.C11H9NO/c1-10-6-7-13(18)17(9-10)12-5-3-4-11(8-12)14(2,15)16;13-11-8-4-5-9-12(11)10-6-2-1-3-7-10/h3-9H,1-2H3;1-9H. The lowest BCUT2D eigenvalue weighted by Gasteiger charge is -2.13. The summed E-state index contributed by atoms with van der Waals surface area (Å²) in [5.74, 6) is -2.91. The van der Waals surface area contributed by atoms with Gasteiger partial charge in [0.2, 0.25) is 0 Å². The fraction of sp³-hybridized carbons (Fsp3) is 0.120. The quantitative estimate of drug-likeness (QED) is 0.463. The van der Waals surface area contributed by atoms with Gasteiger partial charge < -0.3 is 0 Å². The molecule has 0 saturated heterocycles. The molecule has 0 fully saturated rings. The van der Waals surface area contributed by atoms with Gasteiger partial charge in [0.25, 0.3) is 17.0 Å². The molecule has 2 heterocycles. The number of alkyl halides is 2. The van der Waals surface area contributed by atoms with Crippen molar-refractivity contribution in [3.63, 3.8) is 0 Å². The number of hydrogen-bond acceptors (Lipinski definition) is 2. The minimum absolute atomic E-state index is 0.00583. The number of rotatable bonds is 3. The highest BCUT2D eigenvalue weighted by molar-refractivity contribution is 5.38. The normalized spacial score (nSPS) is 10.8. The van der Waals surface area contributed by atoms with Crippen molar-refractivity contribution in [2.45, 2.75) is 19.8 Å². The summed E-state index contributed by atoms with van der Waals surface area (Å²) < 4.78 is 29.5. The molecule has 158 valence electrons. The molecular formula is C25H22F2N2O2. The zero-order chi connectivity index (χ0) is 22.4. The van der Waals surface area contributed by atoms with Gasteiger partial charge >= 0.3 is 0 Å². The molecule has 0 spiro atoms. The maximum atomic E-state index is 13.2. The maximum absolute atomic E-state index is 13.2. The summed E-state index contributed by atoms with van der Waals surface area (Å²) in [5, 5.41) is 0. The summed E-state index contributed by atoms with van der Waals surface area (Å²) >= 11 is 0. The van der Waals surface area contributed by atoms with Gasteiger partial charge in [0, 0.05) is 48.4 Å². The van der Waals surface area contributed by atoms with Crippen LogP contribution < -0.4 is 11.1 Å². The molecule has 0 N–H and O–H groups in total. The molecular weight excluding hydrogens is 398 g/mol. The zero-order valence-electron chi connectivity index (χ0n) is 17.2. The Bertz CT molecular complexity index is 1270. The van der Waals surface area contributed by atoms with Gasteiger partial charge in [0.1, 0.15) is 0 Å². The number of aromatic nitrogens is 2. The topological polar surface area (TPSA) is 44.0 Å². The third-order valence-electron chi connectivity index (χ3n) is 4.55. The Kier molecular flexibility index (Phi) is 6.60. The Morgan fingerprint density at radius 1 is 0.710 bits per heavy atom. The van der Waals surface area contributed by atoms with Gasteiger partial charge in [-0.15, -0.1) is 0 Å². The number of para-hydroxylation sites is 1. The first-order chi connectivity index (χ1) is 14.8. The van der Waals surface area contributed by atoms with E-state index in [1.165, 1.54) is 28.8 Å². The van der Waals surface area contributed by atoms with Crippen molar-refractivity contribution in [2.75, 3.05) is 0 Å². The average molecular weight is 420 g/mol. The van der Waals surface area contributed by atoms with Crippen LogP contribution in [0, 0.1) is 6.92 Å². The number of pyridine rings is 2. The molecule has 4 rings (SSSR count). The van der Waals surface area contributed by atoms with E-state index in [1.807, 2.05) is 43.3 Å². The molecule has 0 aliphatic rings. The van der Waals surface area contributed by atoms with E-state index in [-0.39, 0.29) is 16.7 Å². The van der Waals surface area contributed by atoms with Crippen molar-refractivity contribution < 1.29 is 8.78 Å². The SMILES string of the molecule is Cc1ccc(=O)n(-c2cccc(C(C)(F)F)c2)c1.O=c1ccccn1-c1ccccc1. The van der Waals surface area contributed by atoms with Crippen LogP contribution in [0.3, 0.4) is 0 Å². The highest BCUT2D eigenvalue weighted by Crippen LogP contribution is 2.27. The van der Waals surface area contributed by atoms with Gasteiger partial charge in [-0.25, -0.2) is 8.78 Å². The van der Waals surface area contributed by atoms with E-state index in [1.54, 1.807) is 41.2 Å². The Balaban J connectivity index is 0.000000185. The van der Waals surface area contributed by atoms with Crippen molar-refractivity contribution >= 4 is 0 Å². The Labute approximate surface area is 178 Å². The van der Waals surface area contributed by atoms with Gasteiger partial charge in [-0.2, -0.15) is 0 Å². The van der Waals surface area contributed by atoms with Gasteiger partial charge in [0.05, 0.1) is 0 Å². The van der Waals surface area contributed by atoms with E-state index in [0.29, 0.717) is 5.69 Å². The van der Waals surface area contributed by atoms with E-state index in [4.69, 9.17) is 0 Å². The summed E-state index contributed by atoms with van der Waals surface area (Å²) in [5.41, 5.74) is 1.89. The number of aryl methyl sites for hydroxylation is 1. The highest BCUT2D eigenvalue weighted by Gasteiger charge is 2.24. The molecule has 2 aromatic heterocycles. The molecule has 0 unspecified atom stereocenters. The number of nitrogens with zero attached hydrogens (tertiary/aromatic N) is 2. The van der Waals surface area contributed by atoms with Crippen LogP contribution >= 0.6 is 0 Å². The van der Waals surface area contributed by atoms with Crippen molar-refractivity contribution in [1.29, 1.82) is 0 Å². The number of hydrogen-bond donors (Lipinski definition) is 0. The van der Waals surface area contributed by atoms with Crippen molar-refractivity contribution in [1.82, 2.24) is 9.13 Å². The van der Waals surface area contributed by atoms with Gasteiger partial charge in [0.15, 0.2) is 0 Å². The van der Waals surface area contributed by atoms with Gasteiger partial charge in [-0.1, -0.05) is 42.5 Å². The first-order valence-electron chi connectivity index (χ1n) is 9.67. The summed E-state index contributed by atoms with van der Waals surface area (Å²) in [6.07, 6.45) is 3.40. The third-order valence-corrected chi connectivity index (χ3v) is 4.55. The van der Waals surface area contributed by atoms with Gasteiger partial charge in [-0.05, 0) is 42.8 Å². The van der Waals surface area contributed by atoms with E-state index >= 15 is 0 Å². The van der Waals surface area contributed by atoms with Crippen LogP contribution in [0.4, 0.5) is 8.78 Å². The molecule has 4 nitrogen and oxygen atoms in total. The van der Waals surface area contributed by atoms with Crippen LogP contribution in [0.1, 0.15) is 18.1 Å². The minimum atomic E-state index is -2.91. The molecule has 0 aliphatic heterocycles. The first-order valence-corrected chi connectivity index (χ1v) is 9.67. The third kappa shape index (κ3) is 5.63. The molecule has 0 bridgehead atoms. The van der Waals surface area contributed by atoms with Crippen molar-refractivity contribution in [3.8, 4) is 11.4 Å². The molecule has 2 aromatic carbocycles. The molecule has 0 atom stereocenters. The lowest BCUT2D eigenvalue weighted by atomic mass is 10.1. The average Bonchev–Trinajstić information content (AvgIpc) is 2.76. The van der Waals surface area contributed by atoms with Crippen LogP contribution in [0.5, 0.6) is 0 Å². The Morgan fingerprint density at radius 3 is 2.03 bits per heavy atom. The van der Waals surface area contributed by atoms with Crippen LogP contribution in [-0.2, 0) is 5.92 Å². The summed E-state index contributed by atoms with van der Waals surface area (Å²) in [4.78, 5) is 23.1. The minimum Gasteiger partial charge on any atom is -0.284 e. The second kappa shape index (κ2) is 9.34. The molecule has 0 amide bonds. The van der Waals surface area contributed by atoms with E-state index in [0.717, 1.165) is 18.2 Å². The Morgan fingerprint density at radius 2 is 1.35 bits per heavy atom. The lowest BCUT2D eigenvalue weighted by molar-refractivity contribution is 0.0174. The van der Waals surface area contributed by atoms with Crippen molar-refractivity contribution in [2.24, 2.45) is 0 Å². The second-order valence-electron chi connectivity index (χ2n) is 7.10. The predicted octanol–water partition coefficient (Wildman–Crippen LogP) is 5.10. The molecule has 31 heavy (non-hydrogen) atoms. The largest absolute Gasteiger partial charge is 0.284 e. The monoisotopic (exact) mass is 420 g/mol. The first kappa shape index (κ1) is 21.9. The molecule has 4 aromatic rings. The van der Waals surface area contributed by atoms with Crippen LogP contribution in [0.2, 0.25) is 0 Å². The van der Waals surface area contributed by atoms with Crippen LogP contribution in [0.15, 0.2) is 107 Å². The lowest BCUT2D eigenvalue weighted by Crippen LogP contribution is -2.17. The fourth-order valence-electron chi connectivity index (χ4n) is 2.95. The smallest absolute Gasteiger partial charge is 0.270 e. The van der Waals surface area contributed by atoms with E-state index < -0.39 is 5.92 Å². The number of benzene rings is 2. The molecule has 0 aliphatic carbocycles. The molecule has 6 heteroatoms. The fourth-order valence-corrected chi connectivity index (χ4v) is 2.95. The number of halogens is 2. The van der Waals surface area contributed by atoms with Crippen LogP contribution in [0.25, 0.3) is 11.4 Å². The molecule has 0 saturated carbocycles. The molecule has 0 radical (unpaired) electrons. The maximum Gasteiger partial charge on any atom is 0.270 e. The second-order valence-corrected chi connectivity index (χ2v) is 7.10. The highest BCUT2D eigenvalue weighted by atomic mass is 19.3. The van der Waals surface area contributed by atoms with Crippen LogP contribution in [-0.4, -0.2) is 9.13 Å². The van der Waals surface area contributed by atoms with Gasteiger partial charge in [-0.3, -0.25) is 18.7 Å². The summed E-state index contributed by atoms with van der Waals surface area (Å²) in [7, 11) is 0.